The molecular formula is C43H52F2N8O6. The number of piperidine rings is 3. The van der Waals surface area contributed by atoms with Crippen molar-refractivity contribution >= 4 is 41.1 Å². The number of β-amino-alcohol motifs (C(OH)–C–C–N with tert-alkyl or cyclic N) is 1. The summed E-state index contributed by atoms with van der Waals surface area (Å²) in [7, 11) is 0. The molecule has 5 fully saturated rings. The molecule has 2 aromatic carbocycles. The Morgan fingerprint density at radius 2 is 1.69 bits per heavy atom. The molecule has 8 rings (SSSR count). The van der Waals surface area contributed by atoms with Gasteiger partial charge in [-0.1, -0.05) is 18.2 Å². The van der Waals surface area contributed by atoms with E-state index in [-0.39, 0.29) is 47.6 Å². The molecule has 16 heteroatoms. The molecule has 1 atom stereocenters. The van der Waals surface area contributed by atoms with E-state index in [1.165, 1.54) is 11.0 Å². The maximum atomic E-state index is 15.3. The third-order valence-electron chi connectivity index (χ3n) is 12.7. The molecule has 4 amide bonds. The number of carbonyl (C=O) groups excluding carboxylic acids is 4. The fourth-order valence-electron chi connectivity index (χ4n) is 9.27. The number of amides is 4. The van der Waals surface area contributed by atoms with Gasteiger partial charge in [0.15, 0.2) is 5.82 Å². The van der Waals surface area contributed by atoms with Crippen molar-refractivity contribution in [1.29, 1.82) is 0 Å². The zero-order valence-electron chi connectivity index (χ0n) is 33.1. The molecule has 4 aliphatic heterocycles. The lowest BCUT2D eigenvalue weighted by Gasteiger charge is -2.43. The highest BCUT2D eigenvalue weighted by Gasteiger charge is 2.39. The lowest BCUT2D eigenvalue weighted by Crippen LogP contribution is -2.54. The summed E-state index contributed by atoms with van der Waals surface area (Å²) in [6.07, 6.45) is 7.44. The third kappa shape index (κ3) is 9.49. The molecule has 0 bridgehead atoms. The summed E-state index contributed by atoms with van der Waals surface area (Å²) in [5.41, 5.74) is 1.53. The van der Waals surface area contributed by atoms with Crippen LogP contribution >= 0.6 is 0 Å². The fourth-order valence-corrected chi connectivity index (χ4v) is 9.27. The normalized spacial score (nSPS) is 24.3. The van der Waals surface area contributed by atoms with Crippen LogP contribution in [0.2, 0.25) is 0 Å². The molecule has 3 aromatic rings. The van der Waals surface area contributed by atoms with E-state index in [2.05, 4.69) is 30.8 Å². The summed E-state index contributed by atoms with van der Waals surface area (Å²) < 4.78 is 35.4. The van der Waals surface area contributed by atoms with Crippen LogP contribution in [-0.2, 0) is 19.1 Å². The van der Waals surface area contributed by atoms with Gasteiger partial charge in [0.2, 0.25) is 23.7 Å². The number of nitrogens with one attached hydrogen (secondary N) is 3. The number of aromatic nitrogens is 2. The molecule has 1 aromatic heterocycles. The number of benzene rings is 2. The predicted molar refractivity (Wildman–Crippen MR) is 215 cm³/mol. The van der Waals surface area contributed by atoms with Crippen LogP contribution in [0.25, 0.3) is 11.3 Å². The first-order chi connectivity index (χ1) is 28.5. The van der Waals surface area contributed by atoms with Gasteiger partial charge in [-0.2, -0.15) is 0 Å². The Labute approximate surface area is 342 Å². The van der Waals surface area contributed by atoms with Crippen LogP contribution in [0.4, 0.5) is 30.9 Å². The van der Waals surface area contributed by atoms with Crippen LogP contribution in [0.5, 0.6) is 0 Å². The van der Waals surface area contributed by atoms with Crippen LogP contribution in [0.3, 0.4) is 0 Å². The molecule has 59 heavy (non-hydrogen) atoms. The first-order valence-electron chi connectivity index (χ1n) is 21.0. The number of nitrogens with zero attached hydrogens (tertiary/aromatic N) is 5. The zero-order valence-corrected chi connectivity index (χ0v) is 33.1. The maximum Gasteiger partial charge on any atom is 0.414 e. The third-order valence-corrected chi connectivity index (χ3v) is 12.7. The van der Waals surface area contributed by atoms with Crippen molar-refractivity contribution in [2.75, 3.05) is 61.4 Å². The summed E-state index contributed by atoms with van der Waals surface area (Å²) >= 11 is 0. The van der Waals surface area contributed by atoms with Crippen LogP contribution < -0.4 is 20.9 Å². The minimum atomic E-state index is -0.894. The lowest BCUT2D eigenvalue weighted by molar-refractivity contribution is -0.141. The van der Waals surface area contributed by atoms with Crippen LogP contribution in [0, 0.1) is 17.6 Å². The SMILES string of the molecule is O=C1CCC(Nc2ccc(C3CCN(CC4(O)CCN(C(=O)[C@H]5CC[C@H](Nc6ncc(F)c(-c7cccc(N8CCCOC8=O)c7)n6)CC5)CC4)CC3)c(F)c2)C(=O)N1. The van der Waals surface area contributed by atoms with Crippen molar-refractivity contribution in [2.45, 2.75) is 94.2 Å². The first kappa shape index (κ1) is 40.6. The molecule has 1 aliphatic carbocycles. The van der Waals surface area contributed by atoms with Gasteiger partial charge in [-0.15, -0.1) is 0 Å². The molecule has 5 aliphatic rings. The summed E-state index contributed by atoms with van der Waals surface area (Å²) in [6.45, 7) is 3.89. The maximum absolute atomic E-state index is 15.3. The fraction of sp³-hybridized carbons (Fsp3) is 0.535. The van der Waals surface area contributed by atoms with E-state index < -0.39 is 29.5 Å². The Morgan fingerprint density at radius 3 is 2.42 bits per heavy atom. The summed E-state index contributed by atoms with van der Waals surface area (Å²) in [5.74, 6) is -1.20. The van der Waals surface area contributed by atoms with Gasteiger partial charge < -0.3 is 30.3 Å². The van der Waals surface area contributed by atoms with Crippen molar-refractivity contribution in [3.8, 4) is 11.3 Å². The number of cyclic esters (lactones) is 1. The Balaban J connectivity index is 0.770. The highest BCUT2D eigenvalue weighted by molar-refractivity contribution is 6.01. The highest BCUT2D eigenvalue weighted by atomic mass is 19.1. The average Bonchev–Trinajstić information content (AvgIpc) is 3.23. The Kier molecular flexibility index (Phi) is 12.1. The Hall–Kier alpha value is -5.22. The van der Waals surface area contributed by atoms with Gasteiger partial charge in [-0.25, -0.2) is 23.5 Å². The second kappa shape index (κ2) is 17.6. The van der Waals surface area contributed by atoms with Crippen molar-refractivity contribution in [2.24, 2.45) is 5.92 Å². The predicted octanol–water partition coefficient (Wildman–Crippen LogP) is 5.19. The molecule has 4 saturated heterocycles. The lowest BCUT2D eigenvalue weighted by atomic mass is 9.83. The molecule has 1 saturated carbocycles. The van der Waals surface area contributed by atoms with Gasteiger partial charge in [-0.05, 0) is 113 Å². The molecule has 314 valence electrons. The molecule has 4 N–H and O–H groups in total. The summed E-state index contributed by atoms with van der Waals surface area (Å²) in [5, 5.41) is 20.3. The van der Waals surface area contributed by atoms with Gasteiger partial charge in [-0.3, -0.25) is 24.6 Å². The molecule has 5 heterocycles. The highest BCUT2D eigenvalue weighted by Crippen LogP contribution is 2.35. The summed E-state index contributed by atoms with van der Waals surface area (Å²) in [4.78, 5) is 63.8. The number of hydrogen-bond acceptors (Lipinski definition) is 11. The molecule has 14 nitrogen and oxygen atoms in total. The Morgan fingerprint density at radius 1 is 0.915 bits per heavy atom. The molecular weight excluding hydrogens is 763 g/mol. The second-order valence-electron chi connectivity index (χ2n) is 16.7. The van der Waals surface area contributed by atoms with Crippen LogP contribution in [0.15, 0.2) is 48.7 Å². The minimum absolute atomic E-state index is 0.0280. The number of halogens is 2. The van der Waals surface area contributed by atoms with Gasteiger partial charge >= 0.3 is 6.09 Å². The number of hydrogen-bond donors (Lipinski definition) is 4. The smallest absolute Gasteiger partial charge is 0.414 e. The van der Waals surface area contributed by atoms with E-state index >= 15 is 4.39 Å². The van der Waals surface area contributed by atoms with Gasteiger partial charge in [0.1, 0.15) is 17.6 Å². The van der Waals surface area contributed by atoms with E-state index in [4.69, 9.17) is 4.74 Å². The van der Waals surface area contributed by atoms with E-state index in [1.54, 1.807) is 36.4 Å². The zero-order chi connectivity index (χ0) is 41.1. The summed E-state index contributed by atoms with van der Waals surface area (Å²) in [6, 6.07) is 11.4. The quantitative estimate of drug-likeness (QED) is 0.199. The van der Waals surface area contributed by atoms with Crippen LogP contribution in [-0.4, -0.2) is 112 Å². The number of carbonyl (C=O) groups is 4. The number of imide groups is 1. The second-order valence-corrected chi connectivity index (χ2v) is 16.7. The number of ether oxygens (including phenoxy) is 1. The molecule has 0 spiro atoms. The van der Waals surface area contributed by atoms with Crippen molar-refractivity contribution in [3.05, 3.63) is 65.9 Å². The van der Waals surface area contributed by atoms with Crippen molar-refractivity contribution < 1.29 is 37.8 Å². The largest absolute Gasteiger partial charge is 0.449 e. The number of anilines is 3. The van der Waals surface area contributed by atoms with E-state index in [0.29, 0.717) is 99.8 Å². The van der Waals surface area contributed by atoms with Crippen LogP contribution in [0.1, 0.15) is 82.1 Å². The standard InChI is InChI=1S/C43H52F2N8O6/c44-34-24-31(47-36-11-12-37(54)49-39(36)55)9-10-33(34)27-13-18-51(19-14-27)26-43(58)15-20-52(21-16-43)40(56)28-5-7-30(8-6-28)48-41-46-25-35(45)38(50-41)29-3-1-4-32(23-29)53-17-2-22-59-42(53)57/h1,3-4,9-10,23-25,27-28,30,36,47,58H,2,5-8,11-22,26H2,(H,46,48,50)(H,49,54,55)/t28-,30-,36?. The first-order valence-corrected chi connectivity index (χ1v) is 21.0. The van der Waals surface area contributed by atoms with Gasteiger partial charge in [0.05, 0.1) is 18.4 Å². The van der Waals surface area contributed by atoms with Crippen molar-refractivity contribution in [3.63, 3.8) is 0 Å². The number of likely N-dealkylation sites (tertiary alicyclic amines) is 2. The Bertz CT molecular complexity index is 2050. The van der Waals surface area contributed by atoms with Crippen molar-refractivity contribution in [1.82, 2.24) is 25.1 Å². The number of aliphatic hydroxyl groups is 1. The molecule has 0 radical (unpaired) electrons. The number of rotatable bonds is 10. The van der Waals surface area contributed by atoms with E-state index in [0.717, 1.165) is 45.0 Å². The monoisotopic (exact) mass is 814 g/mol. The average molecular weight is 815 g/mol. The van der Waals surface area contributed by atoms with Gasteiger partial charge in [0.25, 0.3) is 0 Å². The topological polar surface area (TPSA) is 169 Å². The minimum Gasteiger partial charge on any atom is -0.449 e. The molecule has 1 unspecified atom stereocenters. The van der Waals surface area contributed by atoms with E-state index in [9.17, 15) is 28.7 Å². The van der Waals surface area contributed by atoms with Gasteiger partial charge in [0, 0.05) is 61.5 Å². The van der Waals surface area contributed by atoms with E-state index in [1.807, 2.05) is 4.90 Å².